The van der Waals surface area contributed by atoms with E-state index < -0.39 is 0 Å². The second-order valence-electron chi connectivity index (χ2n) is 4.73. The first-order valence-electron chi connectivity index (χ1n) is 6.62. The van der Waals surface area contributed by atoms with E-state index in [1.165, 1.54) is 43.4 Å². The zero-order valence-corrected chi connectivity index (χ0v) is 11.2. The van der Waals surface area contributed by atoms with Gasteiger partial charge < -0.3 is 0 Å². The summed E-state index contributed by atoms with van der Waals surface area (Å²) in [6.45, 7) is 2.18. The molecule has 0 aliphatic heterocycles. The van der Waals surface area contributed by atoms with Crippen LogP contribution in [0.1, 0.15) is 51.0 Å². The minimum Gasteiger partial charge on any atom is -0.286 e. The van der Waals surface area contributed by atoms with E-state index in [0.717, 1.165) is 11.4 Å². The minimum atomic E-state index is 0.550. The van der Waals surface area contributed by atoms with E-state index in [1.807, 2.05) is 12.1 Å². The molecule has 92 valence electrons. The Kier molecular flexibility index (Phi) is 4.61. The molecule has 1 fully saturated rings. The highest BCUT2D eigenvalue weighted by molar-refractivity contribution is 6.30. The Bertz CT molecular complexity index is 374. The van der Waals surface area contributed by atoms with E-state index in [4.69, 9.17) is 16.6 Å². The highest BCUT2D eigenvalue weighted by Gasteiger charge is 2.13. The smallest absolute Gasteiger partial charge is 0.0503 e. The standard InChI is InChI=1S/C15H20ClN/c1-2-15(12-8-10-13(16)11-9-12)17-14-6-4-3-5-7-14/h8-11,14H,2-7H2,1H3. The van der Waals surface area contributed by atoms with Crippen LogP contribution in [0, 0.1) is 0 Å². The van der Waals surface area contributed by atoms with E-state index in [-0.39, 0.29) is 0 Å². The molecule has 1 saturated carbocycles. The highest BCUT2D eigenvalue weighted by atomic mass is 35.5. The molecule has 1 aliphatic rings. The average Bonchev–Trinajstić information content (AvgIpc) is 2.38. The Labute approximate surface area is 109 Å². The van der Waals surface area contributed by atoms with Gasteiger partial charge in [0.05, 0.1) is 6.04 Å². The Balaban J connectivity index is 2.14. The first-order chi connectivity index (χ1) is 8.29. The summed E-state index contributed by atoms with van der Waals surface area (Å²) < 4.78 is 0. The van der Waals surface area contributed by atoms with Crippen molar-refractivity contribution in [3.05, 3.63) is 34.9 Å². The van der Waals surface area contributed by atoms with Crippen LogP contribution in [0.25, 0.3) is 0 Å². The van der Waals surface area contributed by atoms with E-state index in [0.29, 0.717) is 6.04 Å². The normalized spacial score (nSPS) is 18.4. The number of nitrogens with zero attached hydrogens (tertiary/aromatic N) is 1. The van der Waals surface area contributed by atoms with Crippen molar-refractivity contribution in [3.63, 3.8) is 0 Å². The van der Waals surface area contributed by atoms with Crippen LogP contribution in [0.4, 0.5) is 0 Å². The van der Waals surface area contributed by atoms with E-state index in [2.05, 4.69) is 19.1 Å². The second-order valence-corrected chi connectivity index (χ2v) is 5.16. The van der Waals surface area contributed by atoms with Crippen LogP contribution in [-0.2, 0) is 0 Å². The zero-order valence-electron chi connectivity index (χ0n) is 10.5. The monoisotopic (exact) mass is 249 g/mol. The summed E-state index contributed by atoms with van der Waals surface area (Å²) >= 11 is 5.91. The van der Waals surface area contributed by atoms with Crippen LogP contribution in [0.5, 0.6) is 0 Å². The first kappa shape index (κ1) is 12.6. The molecule has 0 saturated heterocycles. The predicted molar refractivity (Wildman–Crippen MR) is 75.2 cm³/mol. The van der Waals surface area contributed by atoms with Gasteiger partial charge in [0.25, 0.3) is 0 Å². The molecular weight excluding hydrogens is 230 g/mol. The summed E-state index contributed by atoms with van der Waals surface area (Å²) in [5.41, 5.74) is 2.45. The summed E-state index contributed by atoms with van der Waals surface area (Å²) in [6.07, 6.45) is 7.58. The Hall–Kier alpha value is -0.820. The number of halogens is 1. The number of benzene rings is 1. The first-order valence-corrected chi connectivity index (χ1v) is 7.00. The summed E-state index contributed by atoms with van der Waals surface area (Å²) in [4.78, 5) is 4.93. The van der Waals surface area contributed by atoms with Crippen molar-refractivity contribution < 1.29 is 0 Å². The summed E-state index contributed by atoms with van der Waals surface area (Å²) in [5.74, 6) is 0. The predicted octanol–water partition coefficient (Wildman–Crippen LogP) is 4.87. The Morgan fingerprint density at radius 3 is 2.41 bits per heavy atom. The Morgan fingerprint density at radius 1 is 1.18 bits per heavy atom. The van der Waals surface area contributed by atoms with Gasteiger partial charge in [-0.25, -0.2) is 0 Å². The lowest BCUT2D eigenvalue weighted by Gasteiger charge is -2.19. The minimum absolute atomic E-state index is 0.550. The van der Waals surface area contributed by atoms with Crippen molar-refractivity contribution in [3.8, 4) is 0 Å². The summed E-state index contributed by atoms with van der Waals surface area (Å²) in [6, 6.07) is 8.60. The van der Waals surface area contributed by atoms with Crippen LogP contribution < -0.4 is 0 Å². The molecule has 0 amide bonds. The number of hydrogen-bond donors (Lipinski definition) is 0. The van der Waals surface area contributed by atoms with Crippen molar-refractivity contribution in [2.75, 3.05) is 0 Å². The molecule has 1 aromatic rings. The van der Waals surface area contributed by atoms with Gasteiger partial charge in [-0.2, -0.15) is 0 Å². The molecule has 0 radical (unpaired) electrons. The lowest BCUT2D eigenvalue weighted by atomic mass is 9.95. The second kappa shape index (κ2) is 6.20. The molecule has 2 heteroatoms. The topological polar surface area (TPSA) is 12.4 Å². The zero-order chi connectivity index (χ0) is 12.1. The number of hydrogen-bond acceptors (Lipinski definition) is 1. The van der Waals surface area contributed by atoms with Gasteiger partial charge >= 0.3 is 0 Å². The van der Waals surface area contributed by atoms with Gasteiger partial charge in [0.15, 0.2) is 0 Å². The molecule has 0 aromatic heterocycles. The van der Waals surface area contributed by atoms with Crippen molar-refractivity contribution >= 4 is 17.3 Å². The quantitative estimate of drug-likeness (QED) is 0.678. The van der Waals surface area contributed by atoms with Crippen LogP contribution >= 0.6 is 11.6 Å². The van der Waals surface area contributed by atoms with E-state index in [1.54, 1.807) is 0 Å². The molecule has 1 aliphatic carbocycles. The molecule has 0 unspecified atom stereocenters. The molecule has 0 atom stereocenters. The Morgan fingerprint density at radius 2 is 1.82 bits per heavy atom. The molecule has 0 N–H and O–H groups in total. The molecule has 2 rings (SSSR count). The van der Waals surface area contributed by atoms with Crippen LogP contribution in [0.15, 0.2) is 29.3 Å². The van der Waals surface area contributed by atoms with Gasteiger partial charge in [-0.3, -0.25) is 4.99 Å². The SMILES string of the molecule is CCC(=NC1CCCCC1)c1ccc(Cl)cc1. The molecule has 0 spiro atoms. The van der Waals surface area contributed by atoms with Crippen LogP contribution in [0.2, 0.25) is 5.02 Å². The lowest BCUT2D eigenvalue weighted by Crippen LogP contribution is -2.13. The van der Waals surface area contributed by atoms with Gasteiger partial charge in [0.2, 0.25) is 0 Å². The van der Waals surface area contributed by atoms with Gasteiger partial charge in [-0.1, -0.05) is 49.9 Å². The van der Waals surface area contributed by atoms with Gasteiger partial charge in [-0.15, -0.1) is 0 Å². The van der Waals surface area contributed by atoms with Crippen LogP contribution in [0.3, 0.4) is 0 Å². The molecule has 1 aromatic carbocycles. The maximum atomic E-state index is 5.91. The average molecular weight is 250 g/mol. The molecule has 17 heavy (non-hydrogen) atoms. The van der Waals surface area contributed by atoms with Crippen molar-refractivity contribution in [1.82, 2.24) is 0 Å². The highest BCUT2D eigenvalue weighted by Crippen LogP contribution is 2.22. The summed E-state index contributed by atoms with van der Waals surface area (Å²) in [7, 11) is 0. The van der Waals surface area contributed by atoms with E-state index >= 15 is 0 Å². The largest absolute Gasteiger partial charge is 0.286 e. The van der Waals surface area contributed by atoms with Crippen molar-refractivity contribution in [2.45, 2.75) is 51.5 Å². The fourth-order valence-electron chi connectivity index (χ4n) is 2.44. The van der Waals surface area contributed by atoms with E-state index in [9.17, 15) is 0 Å². The molecular formula is C15H20ClN. The summed E-state index contributed by atoms with van der Waals surface area (Å²) in [5, 5.41) is 0.793. The number of rotatable bonds is 3. The maximum Gasteiger partial charge on any atom is 0.0503 e. The fourth-order valence-corrected chi connectivity index (χ4v) is 2.57. The molecule has 0 heterocycles. The third-order valence-electron chi connectivity index (χ3n) is 3.43. The fraction of sp³-hybridized carbons (Fsp3) is 0.533. The molecule has 0 bridgehead atoms. The van der Waals surface area contributed by atoms with Crippen LogP contribution in [-0.4, -0.2) is 11.8 Å². The van der Waals surface area contributed by atoms with Crippen molar-refractivity contribution in [2.24, 2.45) is 4.99 Å². The van der Waals surface area contributed by atoms with Gasteiger partial charge in [0, 0.05) is 10.7 Å². The van der Waals surface area contributed by atoms with Gasteiger partial charge in [-0.05, 0) is 37.0 Å². The van der Waals surface area contributed by atoms with Crippen molar-refractivity contribution in [1.29, 1.82) is 0 Å². The lowest BCUT2D eigenvalue weighted by molar-refractivity contribution is 0.443. The third kappa shape index (κ3) is 3.57. The molecule has 1 nitrogen and oxygen atoms in total. The van der Waals surface area contributed by atoms with Gasteiger partial charge in [0.1, 0.15) is 0 Å². The third-order valence-corrected chi connectivity index (χ3v) is 3.68. The maximum absolute atomic E-state index is 5.91. The number of aliphatic imine (C=N–C) groups is 1.